The quantitative estimate of drug-likeness (QED) is 0.849. The number of rotatable bonds is 2. The van der Waals surface area contributed by atoms with Crippen molar-refractivity contribution < 1.29 is 13.2 Å². The first kappa shape index (κ1) is 11.6. The summed E-state index contributed by atoms with van der Waals surface area (Å²) in [7, 11) is -3.46. The molecule has 6 heteroatoms. The van der Waals surface area contributed by atoms with Gasteiger partial charge in [0.1, 0.15) is 16.6 Å². The number of ether oxygens (including phenoxy) is 1. The number of anilines is 1. The molecule has 4 nitrogen and oxygen atoms in total. The minimum atomic E-state index is -3.46. The number of sulfonamides is 1. The van der Waals surface area contributed by atoms with Gasteiger partial charge in [-0.05, 0) is 23.6 Å². The average Bonchev–Trinajstić information content (AvgIpc) is 2.92. The predicted octanol–water partition coefficient (Wildman–Crippen LogP) is 2.34. The molecule has 1 aliphatic rings. The zero-order chi connectivity index (χ0) is 12.6. The fourth-order valence-electron chi connectivity index (χ4n) is 1.91. The van der Waals surface area contributed by atoms with E-state index in [-0.39, 0.29) is 0 Å². The largest absolute Gasteiger partial charge is 0.489 e. The van der Waals surface area contributed by atoms with Crippen molar-refractivity contribution in [2.75, 3.05) is 17.5 Å². The van der Waals surface area contributed by atoms with Crippen molar-refractivity contribution in [3.63, 3.8) is 0 Å². The Morgan fingerprint density at radius 3 is 2.78 bits per heavy atom. The van der Waals surface area contributed by atoms with E-state index in [1.807, 2.05) is 12.1 Å². The topological polar surface area (TPSA) is 46.6 Å². The van der Waals surface area contributed by atoms with Gasteiger partial charge in [-0.15, -0.1) is 11.3 Å². The summed E-state index contributed by atoms with van der Waals surface area (Å²) < 4.78 is 32.2. The fraction of sp³-hybridized carbons (Fsp3) is 0.167. The summed E-state index contributed by atoms with van der Waals surface area (Å²) in [5, 5.41) is 1.76. The van der Waals surface area contributed by atoms with E-state index < -0.39 is 10.0 Å². The Morgan fingerprint density at radius 1 is 1.17 bits per heavy atom. The molecule has 18 heavy (non-hydrogen) atoms. The Kier molecular flexibility index (Phi) is 2.76. The van der Waals surface area contributed by atoms with E-state index in [1.165, 1.54) is 15.6 Å². The van der Waals surface area contributed by atoms with E-state index in [9.17, 15) is 8.42 Å². The molecule has 0 spiro atoms. The molecule has 3 rings (SSSR count). The number of thiophene rings is 1. The highest BCUT2D eigenvalue weighted by Gasteiger charge is 2.30. The Balaban J connectivity index is 2.10. The van der Waals surface area contributed by atoms with E-state index >= 15 is 0 Å². The van der Waals surface area contributed by atoms with Gasteiger partial charge in [-0.3, -0.25) is 4.31 Å². The molecule has 1 aromatic heterocycles. The first-order valence-electron chi connectivity index (χ1n) is 5.48. The van der Waals surface area contributed by atoms with Gasteiger partial charge in [0, 0.05) is 0 Å². The number of hydrogen-bond acceptors (Lipinski definition) is 4. The van der Waals surface area contributed by atoms with E-state index in [2.05, 4.69) is 0 Å². The molecule has 1 aliphatic heterocycles. The number of nitrogens with zero attached hydrogens (tertiary/aromatic N) is 1. The van der Waals surface area contributed by atoms with Gasteiger partial charge in [0.15, 0.2) is 0 Å². The highest BCUT2D eigenvalue weighted by atomic mass is 32.2. The number of benzene rings is 1. The van der Waals surface area contributed by atoms with Gasteiger partial charge in [-0.2, -0.15) is 0 Å². The van der Waals surface area contributed by atoms with Crippen LogP contribution in [-0.4, -0.2) is 21.6 Å². The van der Waals surface area contributed by atoms with E-state index in [0.29, 0.717) is 28.8 Å². The monoisotopic (exact) mass is 281 g/mol. The smallest absolute Gasteiger partial charge is 0.274 e. The highest BCUT2D eigenvalue weighted by Crippen LogP contribution is 2.35. The second-order valence-electron chi connectivity index (χ2n) is 3.83. The van der Waals surface area contributed by atoms with Crippen LogP contribution >= 0.6 is 11.3 Å². The first-order chi connectivity index (χ1) is 8.69. The van der Waals surface area contributed by atoms with Gasteiger partial charge < -0.3 is 4.74 Å². The Hall–Kier alpha value is -1.53. The molecule has 0 radical (unpaired) electrons. The van der Waals surface area contributed by atoms with Crippen LogP contribution in [0.3, 0.4) is 0 Å². The highest BCUT2D eigenvalue weighted by molar-refractivity contribution is 7.94. The normalized spacial score (nSPS) is 15.0. The minimum absolute atomic E-state index is 0.344. The molecule has 0 atom stereocenters. The molecule has 1 aromatic carbocycles. The van der Waals surface area contributed by atoms with Crippen LogP contribution in [0.4, 0.5) is 5.69 Å². The van der Waals surface area contributed by atoms with Crippen molar-refractivity contribution in [1.29, 1.82) is 0 Å². The van der Waals surface area contributed by atoms with Gasteiger partial charge >= 0.3 is 0 Å². The summed E-state index contributed by atoms with van der Waals surface area (Å²) in [6, 6.07) is 10.6. The molecule has 0 amide bonds. The summed E-state index contributed by atoms with van der Waals surface area (Å²) in [5.74, 6) is 0.615. The zero-order valence-corrected chi connectivity index (χ0v) is 11.1. The Bertz CT molecular complexity index is 650. The van der Waals surface area contributed by atoms with Crippen molar-refractivity contribution in [2.45, 2.75) is 4.21 Å². The molecule has 94 valence electrons. The van der Waals surface area contributed by atoms with E-state index in [4.69, 9.17) is 4.74 Å². The average molecular weight is 281 g/mol. The van der Waals surface area contributed by atoms with Crippen molar-refractivity contribution in [3.8, 4) is 5.75 Å². The molecule has 2 heterocycles. The zero-order valence-electron chi connectivity index (χ0n) is 9.44. The third kappa shape index (κ3) is 1.77. The summed E-state index contributed by atoms with van der Waals surface area (Å²) in [6.45, 7) is 0.721. The lowest BCUT2D eigenvalue weighted by Crippen LogP contribution is -2.37. The van der Waals surface area contributed by atoms with Crippen molar-refractivity contribution in [3.05, 3.63) is 41.8 Å². The molecular formula is C12H11NO3S2. The maximum atomic E-state index is 12.5. The minimum Gasteiger partial charge on any atom is -0.489 e. The predicted molar refractivity (Wildman–Crippen MR) is 70.8 cm³/mol. The van der Waals surface area contributed by atoms with Crippen LogP contribution in [0.25, 0.3) is 0 Å². The Morgan fingerprint density at radius 2 is 2.00 bits per heavy atom. The second kappa shape index (κ2) is 4.29. The van der Waals surface area contributed by atoms with Crippen LogP contribution in [0, 0.1) is 0 Å². The van der Waals surface area contributed by atoms with Gasteiger partial charge in [0.25, 0.3) is 10.0 Å². The summed E-state index contributed by atoms with van der Waals surface area (Å²) >= 11 is 1.23. The van der Waals surface area contributed by atoms with E-state index in [1.54, 1.807) is 29.6 Å². The van der Waals surface area contributed by atoms with Gasteiger partial charge in [-0.25, -0.2) is 8.42 Å². The molecular weight excluding hydrogens is 270 g/mol. The summed E-state index contributed by atoms with van der Waals surface area (Å²) in [6.07, 6.45) is 0. The molecule has 0 bridgehead atoms. The molecule has 2 aromatic rings. The lowest BCUT2D eigenvalue weighted by molar-refractivity contribution is 0.316. The lowest BCUT2D eigenvalue weighted by atomic mass is 10.2. The van der Waals surface area contributed by atoms with Gasteiger partial charge in [0.2, 0.25) is 0 Å². The Labute approximate surface area is 109 Å². The van der Waals surface area contributed by atoms with Crippen LogP contribution in [0.2, 0.25) is 0 Å². The molecule has 0 unspecified atom stereocenters. The van der Waals surface area contributed by atoms with Crippen molar-refractivity contribution in [1.82, 2.24) is 0 Å². The van der Waals surface area contributed by atoms with Crippen LogP contribution in [0.1, 0.15) is 0 Å². The standard InChI is InChI=1S/C12H11NO3S2/c14-18(15,12-6-3-9-17-12)13-7-8-16-11-5-2-1-4-10(11)13/h1-6,9H,7-8H2. The number of fused-ring (bicyclic) bond motifs is 1. The number of para-hydroxylation sites is 2. The molecule has 0 saturated heterocycles. The molecule has 0 aliphatic carbocycles. The lowest BCUT2D eigenvalue weighted by Gasteiger charge is -2.29. The summed E-state index contributed by atoms with van der Waals surface area (Å²) in [4.78, 5) is 0. The number of hydrogen-bond donors (Lipinski definition) is 0. The van der Waals surface area contributed by atoms with Crippen LogP contribution in [-0.2, 0) is 10.0 Å². The molecule has 0 N–H and O–H groups in total. The van der Waals surface area contributed by atoms with Gasteiger partial charge in [0.05, 0.1) is 12.2 Å². The molecule has 0 fully saturated rings. The van der Waals surface area contributed by atoms with Crippen molar-refractivity contribution in [2.24, 2.45) is 0 Å². The van der Waals surface area contributed by atoms with Crippen molar-refractivity contribution >= 4 is 27.0 Å². The van der Waals surface area contributed by atoms with Crippen LogP contribution in [0.15, 0.2) is 46.0 Å². The summed E-state index contributed by atoms with van der Waals surface area (Å²) in [5.41, 5.74) is 0.608. The maximum absolute atomic E-state index is 12.5. The third-order valence-corrected chi connectivity index (χ3v) is 5.91. The van der Waals surface area contributed by atoms with Crippen LogP contribution < -0.4 is 9.04 Å². The first-order valence-corrected chi connectivity index (χ1v) is 7.79. The van der Waals surface area contributed by atoms with Gasteiger partial charge in [-0.1, -0.05) is 18.2 Å². The second-order valence-corrected chi connectivity index (χ2v) is 6.86. The fourth-order valence-corrected chi connectivity index (χ4v) is 4.48. The molecule has 0 saturated carbocycles. The SMILES string of the molecule is O=S(=O)(c1cccs1)N1CCOc2ccccc21. The maximum Gasteiger partial charge on any atom is 0.274 e. The third-order valence-electron chi connectivity index (χ3n) is 2.73. The van der Waals surface area contributed by atoms with E-state index in [0.717, 1.165) is 0 Å². The van der Waals surface area contributed by atoms with Crippen LogP contribution in [0.5, 0.6) is 5.75 Å².